The van der Waals surface area contributed by atoms with Gasteiger partial charge in [-0.3, -0.25) is 0 Å². The Morgan fingerprint density at radius 2 is 1.89 bits per heavy atom. The van der Waals surface area contributed by atoms with Gasteiger partial charge in [0.25, 0.3) is 0 Å². The zero-order valence-electron chi connectivity index (χ0n) is 10.6. The molecule has 1 heterocycles. The van der Waals surface area contributed by atoms with Gasteiger partial charge in [-0.15, -0.1) is 0 Å². The summed E-state index contributed by atoms with van der Waals surface area (Å²) in [6.07, 6.45) is 0.778. The Hall–Kier alpha value is -1.61. The van der Waals surface area contributed by atoms with Crippen molar-refractivity contribution < 1.29 is 0 Å². The summed E-state index contributed by atoms with van der Waals surface area (Å²) in [6, 6.07) is 10.1. The SMILES string of the molecule is CCc1nc(Cl)cc(NCc2ccc(C)cc2)n1. The molecule has 0 radical (unpaired) electrons. The molecular formula is C14H16ClN3. The summed E-state index contributed by atoms with van der Waals surface area (Å²) in [5.41, 5.74) is 2.48. The molecule has 0 unspecified atom stereocenters. The summed E-state index contributed by atoms with van der Waals surface area (Å²) in [6.45, 7) is 4.82. The number of nitrogens with zero attached hydrogens (tertiary/aromatic N) is 2. The van der Waals surface area contributed by atoms with Crippen molar-refractivity contribution in [3.05, 3.63) is 52.4 Å². The lowest BCUT2D eigenvalue weighted by molar-refractivity contribution is 0.933. The first-order chi connectivity index (χ1) is 8.67. The Kier molecular flexibility index (Phi) is 4.15. The fourth-order valence-electron chi connectivity index (χ4n) is 1.61. The summed E-state index contributed by atoms with van der Waals surface area (Å²) in [5.74, 6) is 1.53. The number of hydrogen-bond acceptors (Lipinski definition) is 3. The highest BCUT2D eigenvalue weighted by Gasteiger charge is 2.01. The zero-order valence-corrected chi connectivity index (χ0v) is 11.3. The van der Waals surface area contributed by atoms with Crippen LogP contribution in [0.25, 0.3) is 0 Å². The number of aryl methyl sites for hydroxylation is 2. The van der Waals surface area contributed by atoms with Crippen molar-refractivity contribution in [3.8, 4) is 0 Å². The van der Waals surface area contributed by atoms with Gasteiger partial charge >= 0.3 is 0 Å². The number of rotatable bonds is 4. The Balaban J connectivity index is 2.05. The van der Waals surface area contributed by atoms with Crippen LogP contribution in [0, 0.1) is 6.92 Å². The molecule has 0 amide bonds. The van der Waals surface area contributed by atoms with Crippen LogP contribution in [0.2, 0.25) is 5.15 Å². The van der Waals surface area contributed by atoms with Crippen molar-refractivity contribution in [1.29, 1.82) is 0 Å². The van der Waals surface area contributed by atoms with Crippen LogP contribution in [0.3, 0.4) is 0 Å². The third kappa shape index (κ3) is 3.44. The third-order valence-electron chi connectivity index (χ3n) is 2.65. The molecule has 0 saturated heterocycles. The monoisotopic (exact) mass is 261 g/mol. The summed E-state index contributed by atoms with van der Waals surface area (Å²) in [7, 11) is 0. The Labute approximate surface area is 112 Å². The van der Waals surface area contributed by atoms with Gasteiger partial charge in [0.05, 0.1) is 0 Å². The van der Waals surface area contributed by atoms with Gasteiger partial charge in [-0.25, -0.2) is 9.97 Å². The third-order valence-corrected chi connectivity index (χ3v) is 2.85. The van der Waals surface area contributed by atoms with E-state index in [1.54, 1.807) is 6.07 Å². The predicted molar refractivity (Wildman–Crippen MR) is 74.9 cm³/mol. The molecule has 0 aliphatic heterocycles. The molecule has 2 rings (SSSR count). The molecule has 0 aliphatic rings. The van der Waals surface area contributed by atoms with Crippen LogP contribution in [0.15, 0.2) is 30.3 Å². The number of hydrogen-bond donors (Lipinski definition) is 1. The maximum absolute atomic E-state index is 5.94. The van der Waals surface area contributed by atoms with E-state index in [4.69, 9.17) is 11.6 Å². The minimum absolute atomic E-state index is 0.480. The molecule has 0 bridgehead atoms. The number of aromatic nitrogens is 2. The molecular weight excluding hydrogens is 246 g/mol. The van der Waals surface area contributed by atoms with Gasteiger partial charge in [-0.2, -0.15) is 0 Å². The number of benzene rings is 1. The summed E-state index contributed by atoms with van der Waals surface area (Å²) >= 11 is 5.94. The number of anilines is 1. The van der Waals surface area contributed by atoms with E-state index in [1.165, 1.54) is 11.1 Å². The maximum Gasteiger partial charge on any atom is 0.134 e. The van der Waals surface area contributed by atoms with Crippen LogP contribution in [-0.4, -0.2) is 9.97 Å². The van der Waals surface area contributed by atoms with Crippen LogP contribution < -0.4 is 5.32 Å². The molecule has 0 saturated carbocycles. The van der Waals surface area contributed by atoms with Gasteiger partial charge in [0.15, 0.2) is 0 Å². The van der Waals surface area contributed by atoms with Gasteiger partial charge in [0.2, 0.25) is 0 Å². The van der Waals surface area contributed by atoms with Crippen LogP contribution in [0.1, 0.15) is 23.9 Å². The van der Waals surface area contributed by atoms with E-state index in [0.717, 1.165) is 24.6 Å². The van der Waals surface area contributed by atoms with Gasteiger partial charge in [0, 0.05) is 19.0 Å². The fourth-order valence-corrected chi connectivity index (χ4v) is 1.81. The predicted octanol–water partition coefficient (Wildman–Crippen LogP) is 3.61. The molecule has 0 atom stereocenters. The lowest BCUT2D eigenvalue weighted by atomic mass is 10.1. The largest absolute Gasteiger partial charge is 0.366 e. The highest BCUT2D eigenvalue weighted by Crippen LogP contribution is 2.13. The Morgan fingerprint density at radius 3 is 2.56 bits per heavy atom. The van der Waals surface area contributed by atoms with Gasteiger partial charge < -0.3 is 5.32 Å². The minimum Gasteiger partial charge on any atom is -0.366 e. The highest BCUT2D eigenvalue weighted by atomic mass is 35.5. The average Bonchev–Trinajstić information content (AvgIpc) is 2.37. The summed E-state index contributed by atoms with van der Waals surface area (Å²) in [5, 5.41) is 3.74. The van der Waals surface area contributed by atoms with Crippen molar-refractivity contribution in [3.63, 3.8) is 0 Å². The number of nitrogens with one attached hydrogen (secondary N) is 1. The standard InChI is InChI=1S/C14H16ClN3/c1-3-13-17-12(15)8-14(18-13)16-9-11-6-4-10(2)5-7-11/h4-8H,3,9H2,1-2H3,(H,16,17,18). The quantitative estimate of drug-likeness (QED) is 0.855. The highest BCUT2D eigenvalue weighted by molar-refractivity contribution is 6.29. The molecule has 0 aliphatic carbocycles. The first-order valence-corrected chi connectivity index (χ1v) is 6.38. The summed E-state index contributed by atoms with van der Waals surface area (Å²) < 4.78 is 0. The van der Waals surface area contributed by atoms with E-state index < -0.39 is 0 Å². The first-order valence-electron chi connectivity index (χ1n) is 6.00. The second-order valence-electron chi connectivity index (χ2n) is 4.18. The van der Waals surface area contributed by atoms with Gasteiger partial charge in [0.1, 0.15) is 16.8 Å². The van der Waals surface area contributed by atoms with Crippen molar-refractivity contribution >= 4 is 17.4 Å². The molecule has 4 heteroatoms. The van der Waals surface area contributed by atoms with Crippen molar-refractivity contribution in [2.24, 2.45) is 0 Å². The second kappa shape index (κ2) is 5.83. The zero-order chi connectivity index (χ0) is 13.0. The van der Waals surface area contributed by atoms with E-state index in [-0.39, 0.29) is 0 Å². The molecule has 18 heavy (non-hydrogen) atoms. The van der Waals surface area contributed by atoms with Gasteiger partial charge in [-0.1, -0.05) is 48.4 Å². The minimum atomic E-state index is 0.480. The fraction of sp³-hybridized carbons (Fsp3) is 0.286. The van der Waals surface area contributed by atoms with E-state index in [9.17, 15) is 0 Å². The van der Waals surface area contributed by atoms with Crippen LogP contribution in [-0.2, 0) is 13.0 Å². The lowest BCUT2D eigenvalue weighted by Crippen LogP contribution is -2.04. The van der Waals surface area contributed by atoms with E-state index in [2.05, 4.69) is 46.5 Å². The molecule has 94 valence electrons. The molecule has 0 fully saturated rings. The lowest BCUT2D eigenvalue weighted by Gasteiger charge is -2.07. The molecule has 1 aromatic heterocycles. The molecule has 1 aromatic carbocycles. The number of halogens is 1. The van der Waals surface area contributed by atoms with Crippen LogP contribution in [0.4, 0.5) is 5.82 Å². The Bertz CT molecular complexity index is 523. The second-order valence-corrected chi connectivity index (χ2v) is 4.57. The van der Waals surface area contributed by atoms with E-state index in [1.807, 2.05) is 6.92 Å². The van der Waals surface area contributed by atoms with Crippen molar-refractivity contribution in [2.75, 3.05) is 5.32 Å². The van der Waals surface area contributed by atoms with E-state index in [0.29, 0.717) is 5.15 Å². The van der Waals surface area contributed by atoms with Crippen LogP contribution >= 0.6 is 11.6 Å². The summed E-state index contributed by atoms with van der Waals surface area (Å²) in [4.78, 5) is 8.51. The molecule has 0 spiro atoms. The molecule has 1 N–H and O–H groups in total. The molecule has 2 aromatic rings. The normalized spacial score (nSPS) is 10.4. The van der Waals surface area contributed by atoms with Crippen LogP contribution in [0.5, 0.6) is 0 Å². The smallest absolute Gasteiger partial charge is 0.134 e. The van der Waals surface area contributed by atoms with Gasteiger partial charge in [-0.05, 0) is 12.5 Å². The maximum atomic E-state index is 5.94. The van der Waals surface area contributed by atoms with E-state index >= 15 is 0 Å². The average molecular weight is 262 g/mol. The van der Waals surface area contributed by atoms with Crippen molar-refractivity contribution in [2.45, 2.75) is 26.8 Å². The Morgan fingerprint density at radius 1 is 1.17 bits per heavy atom. The first kappa shape index (κ1) is 12.8. The van der Waals surface area contributed by atoms with Crippen molar-refractivity contribution in [1.82, 2.24) is 9.97 Å². The molecule has 3 nitrogen and oxygen atoms in total. The topological polar surface area (TPSA) is 37.8 Å².